The molecule has 0 fully saturated rings. The van der Waals surface area contributed by atoms with Crippen LogP contribution in [-0.4, -0.2) is 19.2 Å². The quantitative estimate of drug-likeness (QED) is 0.788. The lowest BCUT2D eigenvalue weighted by atomic mass is 10.1. The van der Waals surface area contributed by atoms with Crippen LogP contribution in [0.25, 0.3) is 11.3 Å². The fourth-order valence-corrected chi connectivity index (χ4v) is 1.54. The van der Waals surface area contributed by atoms with Crippen LogP contribution in [0.4, 0.5) is 0 Å². The van der Waals surface area contributed by atoms with Crippen molar-refractivity contribution in [3.8, 4) is 22.8 Å². The van der Waals surface area contributed by atoms with E-state index >= 15 is 0 Å². The molecule has 1 aromatic carbocycles. The van der Waals surface area contributed by atoms with Gasteiger partial charge in [-0.15, -0.1) is 0 Å². The summed E-state index contributed by atoms with van der Waals surface area (Å²) < 4.78 is 10.5. The third kappa shape index (κ3) is 1.98. The van der Waals surface area contributed by atoms with E-state index < -0.39 is 0 Å². The van der Waals surface area contributed by atoms with Crippen molar-refractivity contribution in [3.05, 3.63) is 42.6 Å². The van der Waals surface area contributed by atoms with Crippen molar-refractivity contribution in [1.82, 2.24) is 4.98 Å². The zero-order chi connectivity index (χ0) is 11.4. The molecule has 3 nitrogen and oxygen atoms in total. The molecule has 0 aliphatic heterocycles. The highest BCUT2D eigenvalue weighted by Crippen LogP contribution is 2.31. The van der Waals surface area contributed by atoms with Gasteiger partial charge in [0.1, 0.15) is 11.5 Å². The molecule has 82 valence electrons. The lowest BCUT2D eigenvalue weighted by Crippen LogP contribution is -1.91. The van der Waals surface area contributed by atoms with Gasteiger partial charge in [0.05, 0.1) is 19.9 Å². The largest absolute Gasteiger partial charge is 0.497 e. The molecule has 0 aliphatic carbocycles. The topological polar surface area (TPSA) is 31.4 Å². The number of ether oxygens (including phenoxy) is 2. The first-order chi connectivity index (χ1) is 7.85. The lowest BCUT2D eigenvalue weighted by Gasteiger charge is -2.09. The van der Waals surface area contributed by atoms with Crippen molar-refractivity contribution >= 4 is 0 Å². The Kier molecular flexibility index (Phi) is 3.05. The van der Waals surface area contributed by atoms with E-state index in [0.717, 1.165) is 22.8 Å². The highest BCUT2D eigenvalue weighted by atomic mass is 16.5. The van der Waals surface area contributed by atoms with Crippen LogP contribution in [0.1, 0.15) is 0 Å². The van der Waals surface area contributed by atoms with Crippen molar-refractivity contribution in [3.63, 3.8) is 0 Å². The lowest BCUT2D eigenvalue weighted by molar-refractivity contribution is 0.404. The van der Waals surface area contributed by atoms with Gasteiger partial charge in [-0.2, -0.15) is 0 Å². The molecule has 16 heavy (non-hydrogen) atoms. The van der Waals surface area contributed by atoms with Crippen LogP contribution in [0.5, 0.6) is 11.5 Å². The van der Waals surface area contributed by atoms with Gasteiger partial charge in [0.25, 0.3) is 0 Å². The Morgan fingerprint density at radius 1 is 1.00 bits per heavy atom. The van der Waals surface area contributed by atoms with E-state index in [0.29, 0.717) is 0 Å². The van der Waals surface area contributed by atoms with E-state index in [1.54, 1.807) is 20.4 Å². The summed E-state index contributed by atoms with van der Waals surface area (Å²) in [6.45, 7) is 0. The predicted molar refractivity (Wildman–Crippen MR) is 62.8 cm³/mol. The third-order valence-electron chi connectivity index (χ3n) is 2.35. The first-order valence-electron chi connectivity index (χ1n) is 4.98. The number of rotatable bonds is 3. The Hall–Kier alpha value is -2.03. The minimum Gasteiger partial charge on any atom is -0.497 e. The Morgan fingerprint density at radius 3 is 2.50 bits per heavy atom. The third-order valence-corrected chi connectivity index (χ3v) is 2.35. The maximum Gasteiger partial charge on any atom is 0.128 e. The van der Waals surface area contributed by atoms with Gasteiger partial charge in [0.15, 0.2) is 0 Å². The fourth-order valence-electron chi connectivity index (χ4n) is 1.54. The van der Waals surface area contributed by atoms with Gasteiger partial charge < -0.3 is 9.47 Å². The van der Waals surface area contributed by atoms with Crippen LogP contribution in [0.15, 0.2) is 42.6 Å². The van der Waals surface area contributed by atoms with Gasteiger partial charge in [0.2, 0.25) is 0 Å². The van der Waals surface area contributed by atoms with Crippen LogP contribution < -0.4 is 9.47 Å². The van der Waals surface area contributed by atoms with E-state index in [1.807, 2.05) is 36.4 Å². The maximum atomic E-state index is 5.30. The number of pyridine rings is 1. The van der Waals surface area contributed by atoms with Crippen LogP contribution >= 0.6 is 0 Å². The van der Waals surface area contributed by atoms with E-state index in [4.69, 9.17) is 9.47 Å². The molecule has 0 saturated heterocycles. The van der Waals surface area contributed by atoms with Crippen molar-refractivity contribution < 1.29 is 9.47 Å². The molecular formula is C13H13NO2. The predicted octanol–water partition coefficient (Wildman–Crippen LogP) is 2.77. The first kappa shape index (κ1) is 10.5. The van der Waals surface area contributed by atoms with Gasteiger partial charge in [-0.3, -0.25) is 4.98 Å². The Labute approximate surface area is 94.7 Å². The van der Waals surface area contributed by atoms with E-state index in [1.165, 1.54) is 0 Å². The Morgan fingerprint density at radius 2 is 1.88 bits per heavy atom. The standard InChI is InChI=1S/C13H13NO2/c1-15-10-6-7-13(16-2)11(9-10)12-5-3-4-8-14-12/h3-9H,1-2H3. The average Bonchev–Trinajstić information content (AvgIpc) is 2.39. The van der Waals surface area contributed by atoms with Gasteiger partial charge in [0, 0.05) is 11.8 Å². The normalized spacial score (nSPS) is 9.88. The van der Waals surface area contributed by atoms with Crippen LogP contribution in [0.2, 0.25) is 0 Å². The summed E-state index contributed by atoms with van der Waals surface area (Å²) in [5.74, 6) is 1.58. The Bertz CT molecular complexity index is 469. The molecule has 1 heterocycles. The second-order valence-electron chi connectivity index (χ2n) is 3.28. The zero-order valence-corrected chi connectivity index (χ0v) is 9.31. The van der Waals surface area contributed by atoms with Crippen LogP contribution in [0.3, 0.4) is 0 Å². The molecule has 0 saturated carbocycles. The summed E-state index contributed by atoms with van der Waals surface area (Å²) in [5.41, 5.74) is 1.81. The molecule has 0 N–H and O–H groups in total. The van der Waals surface area contributed by atoms with Gasteiger partial charge >= 0.3 is 0 Å². The summed E-state index contributed by atoms with van der Waals surface area (Å²) >= 11 is 0. The van der Waals surface area contributed by atoms with E-state index in [-0.39, 0.29) is 0 Å². The second-order valence-corrected chi connectivity index (χ2v) is 3.28. The number of nitrogens with zero attached hydrogens (tertiary/aromatic N) is 1. The number of benzene rings is 1. The van der Waals surface area contributed by atoms with Crippen LogP contribution in [0, 0.1) is 0 Å². The van der Waals surface area contributed by atoms with Crippen molar-refractivity contribution in [2.24, 2.45) is 0 Å². The number of aromatic nitrogens is 1. The minimum atomic E-state index is 0.791. The molecular weight excluding hydrogens is 202 g/mol. The molecule has 0 atom stereocenters. The van der Waals surface area contributed by atoms with Gasteiger partial charge in [-0.1, -0.05) is 6.07 Å². The number of hydrogen-bond acceptors (Lipinski definition) is 3. The molecule has 0 amide bonds. The van der Waals surface area contributed by atoms with E-state index in [2.05, 4.69) is 4.98 Å². The fraction of sp³-hybridized carbons (Fsp3) is 0.154. The minimum absolute atomic E-state index is 0.791. The maximum absolute atomic E-state index is 5.30. The molecule has 2 rings (SSSR count). The monoisotopic (exact) mass is 215 g/mol. The summed E-state index contributed by atoms with van der Waals surface area (Å²) in [4.78, 5) is 4.30. The van der Waals surface area contributed by atoms with Crippen molar-refractivity contribution in [2.45, 2.75) is 0 Å². The molecule has 0 unspecified atom stereocenters. The molecule has 0 radical (unpaired) electrons. The van der Waals surface area contributed by atoms with Crippen molar-refractivity contribution in [1.29, 1.82) is 0 Å². The summed E-state index contributed by atoms with van der Waals surface area (Å²) in [6, 6.07) is 11.4. The SMILES string of the molecule is COc1ccc(OC)c(-c2ccccn2)c1. The average molecular weight is 215 g/mol. The molecule has 0 aliphatic rings. The molecule has 1 aromatic heterocycles. The highest BCUT2D eigenvalue weighted by Gasteiger charge is 2.07. The summed E-state index contributed by atoms with van der Waals surface area (Å²) in [7, 11) is 3.29. The summed E-state index contributed by atoms with van der Waals surface area (Å²) in [5, 5.41) is 0. The first-order valence-corrected chi connectivity index (χ1v) is 4.98. The zero-order valence-electron chi connectivity index (χ0n) is 9.31. The van der Waals surface area contributed by atoms with E-state index in [9.17, 15) is 0 Å². The Balaban J connectivity index is 2.53. The molecule has 2 aromatic rings. The van der Waals surface area contributed by atoms with Gasteiger partial charge in [-0.05, 0) is 30.3 Å². The summed E-state index contributed by atoms with van der Waals surface area (Å²) in [6.07, 6.45) is 1.76. The number of hydrogen-bond donors (Lipinski definition) is 0. The molecule has 0 bridgehead atoms. The smallest absolute Gasteiger partial charge is 0.128 e. The van der Waals surface area contributed by atoms with Gasteiger partial charge in [-0.25, -0.2) is 0 Å². The van der Waals surface area contributed by atoms with Crippen LogP contribution in [-0.2, 0) is 0 Å². The molecule has 0 spiro atoms. The number of methoxy groups -OCH3 is 2. The highest BCUT2D eigenvalue weighted by molar-refractivity contribution is 5.68. The molecule has 3 heteroatoms. The second kappa shape index (κ2) is 4.66. The van der Waals surface area contributed by atoms with Crippen molar-refractivity contribution in [2.75, 3.05) is 14.2 Å².